The minimum Gasteiger partial charge on any atom is -0.369 e. The van der Waals surface area contributed by atoms with Gasteiger partial charge in [-0.2, -0.15) is 4.98 Å². The van der Waals surface area contributed by atoms with Gasteiger partial charge in [0.05, 0.1) is 17.8 Å². The first kappa shape index (κ1) is 24.7. The van der Waals surface area contributed by atoms with Gasteiger partial charge in [0, 0.05) is 61.1 Å². The van der Waals surface area contributed by atoms with Gasteiger partial charge in [-0.15, -0.1) is 11.8 Å². The fraction of sp³-hybridized carbons (Fsp3) is 0.577. The predicted molar refractivity (Wildman–Crippen MR) is 145 cm³/mol. The summed E-state index contributed by atoms with van der Waals surface area (Å²) in [6, 6.07) is 6.42. The molecule has 1 aromatic carbocycles. The highest BCUT2D eigenvalue weighted by Gasteiger charge is 2.56. The maximum atomic E-state index is 14.9. The molecule has 2 aliphatic heterocycles. The first-order valence-corrected chi connectivity index (χ1v) is 14.1. The van der Waals surface area contributed by atoms with Gasteiger partial charge in [-0.1, -0.05) is 0 Å². The number of fused-ring (bicyclic) bond motifs is 5. The third-order valence-electron chi connectivity index (χ3n) is 8.67. The van der Waals surface area contributed by atoms with Gasteiger partial charge in [0.1, 0.15) is 0 Å². The second-order valence-corrected chi connectivity index (χ2v) is 12.0. The minimum absolute atomic E-state index is 0.112. The van der Waals surface area contributed by atoms with Crippen LogP contribution in [-0.2, 0) is 4.79 Å². The van der Waals surface area contributed by atoms with Crippen molar-refractivity contribution in [3.05, 3.63) is 30.2 Å². The molecular formula is C26H35FN8OS. The second kappa shape index (κ2) is 9.92. The van der Waals surface area contributed by atoms with E-state index in [-0.39, 0.29) is 35.5 Å². The summed E-state index contributed by atoms with van der Waals surface area (Å²) in [5.74, 6) is 0.604. The number of anilines is 4. The Morgan fingerprint density at radius 2 is 1.97 bits per heavy atom. The molecule has 2 saturated carbocycles. The standard InChI is InChI=1S/C26H35FN8OS/c1-33-5-7-35(8-6-33)19-4-3-16-13-21(19)37-10-9-34(2)20-12-15-11-17(20)23(22(15)24(28)36)31-25-18(27)14-29-26(30-16)32-25/h3-4,13-15,17,20,22-23H,5-12H2,1-2H3,(H2,28,36)(H2,29,30,31,32). The number of primary amides is 1. The van der Waals surface area contributed by atoms with Crippen molar-refractivity contribution in [2.45, 2.75) is 29.8 Å². The fourth-order valence-electron chi connectivity index (χ4n) is 6.74. The molecule has 4 N–H and O–H groups in total. The van der Waals surface area contributed by atoms with E-state index < -0.39 is 5.82 Å². The lowest BCUT2D eigenvalue weighted by atomic mass is 9.80. The molecule has 4 aliphatic rings. The van der Waals surface area contributed by atoms with E-state index in [1.165, 1.54) is 16.8 Å². The van der Waals surface area contributed by atoms with E-state index in [0.29, 0.717) is 12.0 Å². The van der Waals surface area contributed by atoms with E-state index in [9.17, 15) is 9.18 Å². The summed E-state index contributed by atoms with van der Waals surface area (Å²) >= 11 is 1.87. The fourth-order valence-corrected chi connectivity index (χ4v) is 7.89. The Balaban J connectivity index is 1.34. The summed E-state index contributed by atoms with van der Waals surface area (Å²) in [6.45, 7) is 5.02. The highest BCUT2D eigenvalue weighted by Crippen LogP contribution is 2.51. The van der Waals surface area contributed by atoms with E-state index in [0.717, 1.165) is 57.0 Å². The molecular weight excluding hydrogens is 491 g/mol. The molecule has 6 rings (SSSR count). The molecule has 1 saturated heterocycles. The number of halogens is 1. The van der Waals surface area contributed by atoms with E-state index in [4.69, 9.17) is 5.73 Å². The van der Waals surface area contributed by atoms with Crippen molar-refractivity contribution in [1.29, 1.82) is 0 Å². The van der Waals surface area contributed by atoms with E-state index in [1.54, 1.807) is 0 Å². The monoisotopic (exact) mass is 526 g/mol. The smallest absolute Gasteiger partial charge is 0.229 e. The van der Waals surface area contributed by atoms with Crippen molar-refractivity contribution in [3.63, 3.8) is 0 Å². The van der Waals surface area contributed by atoms with Gasteiger partial charge >= 0.3 is 0 Å². The number of likely N-dealkylation sites (N-methyl/N-ethyl adjacent to an activating group) is 1. The van der Waals surface area contributed by atoms with Gasteiger partial charge in [0.2, 0.25) is 11.9 Å². The maximum Gasteiger partial charge on any atom is 0.229 e. The molecule has 3 heterocycles. The molecule has 2 aliphatic carbocycles. The normalized spacial score (nSPS) is 30.2. The minimum atomic E-state index is -0.535. The quantitative estimate of drug-likeness (QED) is 0.545. The molecule has 198 valence electrons. The van der Waals surface area contributed by atoms with Crippen LogP contribution in [0.25, 0.3) is 0 Å². The van der Waals surface area contributed by atoms with Crippen LogP contribution in [0.15, 0.2) is 29.3 Å². The van der Waals surface area contributed by atoms with Crippen LogP contribution < -0.4 is 21.3 Å². The van der Waals surface area contributed by atoms with Gasteiger partial charge in [-0.3, -0.25) is 4.79 Å². The SMILES string of the molecule is CN1CCN(c2ccc3cc2SCCN(C)C2CC4CC2C(Nc2nc(ncc2F)N3)C4C(N)=O)CC1. The predicted octanol–water partition coefficient (Wildman–Crippen LogP) is 2.44. The first-order valence-electron chi connectivity index (χ1n) is 13.1. The van der Waals surface area contributed by atoms with E-state index in [2.05, 4.69) is 61.5 Å². The van der Waals surface area contributed by atoms with Gasteiger partial charge in [-0.25, -0.2) is 9.37 Å². The Hall–Kier alpha value is -2.63. The summed E-state index contributed by atoms with van der Waals surface area (Å²) in [6.07, 6.45) is 3.04. The van der Waals surface area contributed by atoms with Crippen LogP contribution >= 0.6 is 11.8 Å². The number of hydrogen-bond donors (Lipinski definition) is 3. The number of hydrogen-bond acceptors (Lipinski definition) is 9. The van der Waals surface area contributed by atoms with Crippen LogP contribution in [-0.4, -0.2) is 90.3 Å². The van der Waals surface area contributed by atoms with Crippen LogP contribution in [0.3, 0.4) is 0 Å². The number of carbonyl (C=O) groups is 1. The largest absolute Gasteiger partial charge is 0.369 e. The summed E-state index contributed by atoms with van der Waals surface area (Å²) in [5.41, 5.74) is 7.94. The van der Waals surface area contributed by atoms with Crippen LogP contribution in [0, 0.1) is 23.6 Å². The highest BCUT2D eigenvalue weighted by atomic mass is 32.2. The molecule has 1 amide bonds. The lowest BCUT2D eigenvalue weighted by Crippen LogP contribution is -2.51. The number of nitrogens with two attached hydrogens (primary N) is 1. The highest BCUT2D eigenvalue weighted by molar-refractivity contribution is 7.99. The van der Waals surface area contributed by atoms with Crippen LogP contribution in [0.5, 0.6) is 0 Å². The van der Waals surface area contributed by atoms with E-state index in [1.807, 2.05) is 17.8 Å². The summed E-state index contributed by atoms with van der Waals surface area (Å²) in [4.78, 5) is 29.5. The first-order chi connectivity index (χ1) is 17.9. The Bertz CT molecular complexity index is 1180. The second-order valence-electron chi connectivity index (χ2n) is 10.9. The maximum absolute atomic E-state index is 14.9. The van der Waals surface area contributed by atoms with Gasteiger partial charge < -0.3 is 31.1 Å². The van der Waals surface area contributed by atoms with Crippen molar-refractivity contribution >= 4 is 40.8 Å². The number of nitrogens with zero attached hydrogens (tertiary/aromatic N) is 5. The molecule has 1 aromatic heterocycles. The van der Waals surface area contributed by atoms with Crippen molar-refractivity contribution in [2.75, 3.05) is 68.1 Å². The zero-order chi connectivity index (χ0) is 25.7. The van der Waals surface area contributed by atoms with Gasteiger partial charge in [0.25, 0.3) is 0 Å². The number of rotatable bonds is 2. The van der Waals surface area contributed by atoms with Crippen LogP contribution in [0.1, 0.15) is 12.8 Å². The molecule has 3 fully saturated rings. The van der Waals surface area contributed by atoms with Crippen LogP contribution in [0.4, 0.5) is 27.5 Å². The van der Waals surface area contributed by atoms with Crippen molar-refractivity contribution in [2.24, 2.45) is 23.5 Å². The summed E-state index contributed by atoms with van der Waals surface area (Å²) in [7, 11) is 4.34. The van der Waals surface area contributed by atoms with Gasteiger partial charge in [0.15, 0.2) is 11.6 Å². The Morgan fingerprint density at radius 1 is 1.16 bits per heavy atom. The average molecular weight is 527 g/mol. The van der Waals surface area contributed by atoms with Crippen molar-refractivity contribution < 1.29 is 9.18 Å². The van der Waals surface area contributed by atoms with Gasteiger partial charge in [-0.05, 0) is 57.0 Å². The number of carbonyl (C=O) groups excluding carboxylic acids is 1. The zero-order valence-electron chi connectivity index (χ0n) is 21.4. The number of amides is 1. The lowest BCUT2D eigenvalue weighted by molar-refractivity contribution is -0.123. The zero-order valence-corrected chi connectivity index (χ0v) is 22.2. The van der Waals surface area contributed by atoms with E-state index >= 15 is 0 Å². The number of aromatic nitrogens is 2. The summed E-state index contributed by atoms with van der Waals surface area (Å²) < 4.78 is 14.9. The third kappa shape index (κ3) is 4.72. The molecule has 5 unspecified atom stereocenters. The third-order valence-corrected chi connectivity index (χ3v) is 9.70. The Labute approximate surface area is 221 Å². The number of nitrogens with one attached hydrogen (secondary N) is 2. The summed E-state index contributed by atoms with van der Waals surface area (Å²) in [5, 5.41) is 6.55. The topological polar surface area (TPSA) is 103 Å². The lowest BCUT2D eigenvalue weighted by Gasteiger charge is -2.39. The molecule has 9 nitrogen and oxygen atoms in total. The molecule has 6 bridgehead atoms. The molecule has 2 aromatic rings. The van der Waals surface area contributed by atoms with Crippen molar-refractivity contribution in [1.82, 2.24) is 19.8 Å². The number of piperazine rings is 1. The molecule has 11 heteroatoms. The molecule has 5 atom stereocenters. The van der Waals surface area contributed by atoms with Crippen molar-refractivity contribution in [3.8, 4) is 0 Å². The molecule has 37 heavy (non-hydrogen) atoms. The molecule has 0 radical (unpaired) electrons. The average Bonchev–Trinajstić information content (AvgIpc) is 3.45. The number of thioether (sulfide) groups is 1. The molecule has 0 spiro atoms. The Kier molecular flexibility index (Phi) is 6.62. The number of benzene rings is 1. The van der Waals surface area contributed by atoms with Crippen LogP contribution in [0.2, 0.25) is 0 Å². The Morgan fingerprint density at radius 3 is 2.76 bits per heavy atom.